The molecule has 0 radical (unpaired) electrons. The third-order valence-corrected chi connectivity index (χ3v) is 3.79. The Morgan fingerprint density at radius 3 is 2.59 bits per heavy atom. The summed E-state index contributed by atoms with van der Waals surface area (Å²) in [6, 6.07) is 5.73. The molecule has 142 valence electrons. The number of nitrogens with one attached hydrogen (secondary N) is 2. The molecular weight excluding hydrogens is 359 g/mol. The number of hydrogen-bond acceptors (Lipinski definition) is 6. The standard InChI is InChI=1S/C17H18F3N7/c1-10-5-4-6-12(23-10)8-27-9-14(11(2)26-27)24-16-22-7-13(17(18,19)20)15(21-3)25-16/h4-7,9H,8H2,1-3H3,(H2,21,22,24,25). The van der Waals surface area contributed by atoms with Crippen LogP contribution in [0.5, 0.6) is 0 Å². The van der Waals surface area contributed by atoms with Crippen molar-refractivity contribution in [1.29, 1.82) is 0 Å². The number of nitrogens with zero attached hydrogens (tertiary/aromatic N) is 5. The van der Waals surface area contributed by atoms with E-state index in [1.165, 1.54) is 7.05 Å². The highest BCUT2D eigenvalue weighted by atomic mass is 19.4. The lowest BCUT2D eigenvalue weighted by atomic mass is 10.3. The van der Waals surface area contributed by atoms with Gasteiger partial charge in [-0.25, -0.2) is 4.98 Å². The molecule has 0 saturated carbocycles. The van der Waals surface area contributed by atoms with Crippen molar-refractivity contribution in [2.24, 2.45) is 0 Å². The van der Waals surface area contributed by atoms with E-state index in [0.717, 1.165) is 17.6 Å². The minimum Gasteiger partial charge on any atom is -0.372 e. The Hall–Kier alpha value is -3.17. The number of rotatable bonds is 5. The predicted octanol–water partition coefficient (Wildman–Crippen LogP) is 3.54. The van der Waals surface area contributed by atoms with Gasteiger partial charge in [-0.1, -0.05) is 6.07 Å². The largest absolute Gasteiger partial charge is 0.421 e. The van der Waals surface area contributed by atoms with Crippen molar-refractivity contribution < 1.29 is 13.2 Å². The Kier molecular flexibility index (Phi) is 4.98. The average Bonchev–Trinajstić information content (AvgIpc) is 2.93. The molecule has 0 saturated heterocycles. The molecule has 0 amide bonds. The van der Waals surface area contributed by atoms with Gasteiger partial charge >= 0.3 is 6.18 Å². The van der Waals surface area contributed by atoms with Crippen LogP contribution < -0.4 is 10.6 Å². The van der Waals surface area contributed by atoms with Crippen molar-refractivity contribution in [2.75, 3.05) is 17.7 Å². The summed E-state index contributed by atoms with van der Waals surface area (Å²) in [5, 5.41) is 9.75. The normalized spacial score (nSPS) is 11.5. The summed E-state index contributed by atoms with van der Waals surface area (Å²) < 4.78 is 40.5. The van der Waals surface area contributed by atoms with Crippen LogP contribution in [-0.4, -0.2) is 31.8 Å². The van der Waals surface area contributed by atoms with Crippen molar-refractivity contribution in [3.05, 3.63) is 53.2 Å². The number of alkyl halides is 3. The highest BCUT2D eigenvalue weighted by molar-refractivity contribution is 5.57. The van der Waals surface area contributed by atoms with Crippen molar-refractivity contribution >= 4 is 17.5 Å². The maximum Gasteiger partial charge on any atom is 0.421 e. The van der Waals surface area contributed by atoms with Crippen LogP contribution in [0.15, 0.2) is 30.6 Å². The summed E-state index contributed by atoms with van der Waals surface area (Å²) in [5.74, 6) is -0.252. The van der Waals surface area contributed by atoms with Gasteiger partial charge in [0.15, 0.2) is 0 Å². The molecule has 7 nitrogen and oxygen atoms in total. The minimum atomic E-state index is -4.53. The average molecular weight is 377 g/mol. The van der Waals surface area contributed by atoms with Crippen LogP contribution in [0.4, 0.5) is 30.6 Å². The van der Waals surface area contributed by atoms with E-state index in [0.29, 0.717) is 17.9 Å². The molecule has 0 aliphatic heterocycles. The van der Waals surface area contributed by atoms with Crippen LogP contribution in [-0.2, 0) is 12.7 Å². The van der Waals surface area contributed by atoms with Gasteiger partial charge in [-0.05, 0) is 26.0 Å². The smallest absolute Gasteiger partial charge is 0.372 e. The first-order valence-corrected chi connectivity index (χ1v) is 8.12. The second kappa shape index (κ2) is 7.22. The van der Waals surface area contributed by atoms with E-state index in [-0.39, 0.29) is 11.8 Å². The molecule has 0 aliphatic carbocycles. The number of anilines is 3. The van der Waals surface area contributed by atoms with Crippen LogP contribution in [0.2, 0.25) is 0 Å². The molecule has 0 unspecified atom stereocenters. The fraction of sp³-hybridized carbons (Fsp3) is 0.294. The predicted molar refractivity (Wildman–Crippen MR) is 94.9 cm³/mol. The zero-order chi connectivity index (χ0) is 19.6. The zero-order valence-electron chi connectivity index (χ0n) is 15.0. The molecular formula is C17H18F3N7. The molecule has 0 aliphatic rings. The number of hydrogen-bond donors (Lipinski definition) is 2. The molecule has 3 aromatic heterocycles. The topological polar surface area (TPSA) is 80.5 Å². The summed E-state index contributed by atoms with van der Waals surface area (Å²) >= 11 is 0. The fourth-order valence-corrected chi connectivity index (χ4v) is 2.54. The van der Waals surface area contributed by atoms with Gasteiger partial charge in [0.1, 0.15) is 11.4 Å². The van der Waals surface area contributed by atoms with Gasteiger partial charge < -0.3 is 10.6 Å². The Labute approximate surface area is 153 Å². The maximum absolute atomic E-state index is 12.9. The lowest BCUT2D eigenvalue weighted by Crippen LogP contribution is -2.12. The van der Waals surface area contributed by atoms with Gasteiger partial charge in [-0.2, -0.15) is 23.3 Å². The first-order chi connectivity index (χ1) is 12.8. The summed E-state index contributed by atoms with van der Waals surface area (Å²) in [6.07, 6.45) is -2.05. The molecule has 27 heavy (non-hydrogen) atoms. The van der Waals surface area contributed by atoms with E-state index >= 15 is 0 Å². The van der Waals surface area contributed by atoms with Gasteiger partial charge in [0.2, 0.25) is 5.95 Å². The monoisotopic (exact) mass is 377 g/mol. The van der Waals surface area contributed by atoms with Crippen molar-refractivity contribution in [3.63, 3.8) is 0 Å². The minimum absolute atomic E-state index is 0.0451. The summed E-state index contributed by atoms with van der Waals surface area (Å²) in [7, 11) is 1.37. The SMILES string of the molecule is CNc1nc(Nc2cn(Cc3cccc(C)n3)nc2C)ncc1C(F)(F)F. The van der Waals surface area contributed by atoms with Gasteiger partial charge in [-0.3, -0.25) is 9.67 Å². The van der Waals surface area contributed by atoms with E-state index in [2.05, 4.69) is 30.7 Å². The molecule has 0 atom stereocenters. The molecule has 3 aromatic rings. The van der Waals surface area contributed by atoms with Crippen LogP contribution in [0.3, 0.4) is 0 Å². The fourth-order valence-electron chi connectivity index (χ4n) is 2.54. The number of aryl methyl sites for hydroxylation is 2. The van der Waals surface area contributed by atoms with E-state index < -0.39 is 11.7 Å². The summed E-state index contributed by atoms with van der Waals surface area (Å²) in [6.45, 7) is 4.16. The van der Waals surface area contributed by atoms with E-state index in [4.69, 9.17) is 0 Å². The summed E-state index contributed by atoms with van der Waals surface area (Å²) in [4.78, 5) is 12.1. The zero-order valence-corrected chi connectivity index (χ0v) is 15.0. The Bertz CT molecular complexity index is 950. The summed E-state index contributed by atoms with van der Waals surface area (Å²) in [5.41, 5.74) is 2.11. The van der Waals surface area contributed by atoms with E-state index in [1.807, 2.05) is 25.1 Å². The van der Waals surface area contributed by atoms with E-state index in [9.17, 15) is 13.2 Å². The number of aromatic nitrogens is 5. The van der Waals surface area contributed by atoms with Gasteiger partial charge in [0, 0.05) is 25.1 Å². The number of halogens is 3. The second-order valence-electron chi connectivity index (χ2n) is 5.92. The molecule has 3 rings (SSSR count). The van der Waals surface area contributed by atoms with Crippen molar-refractivity contribution in [2.45, 2.75) is 26.6 Å². The Morgan fingerprint density at radius 1 is 1.15 bits per heavy atom. The first kappa shape index (κ1) is 18.6. The van der Waals surface area contributed by atoms with Crippen LogP contribution >= 0.6 is 0 Å². The van der Waals surface area contributed by atoms with Crippen LogP contribution in [0.25, 0.3) is 0 Å². The Morgan fingerprint density at radius 2 is 1.93 bits per heavy atom. The molecule has 3 heterocycles. The molecule has 0 fully saturated rings. The highest BCUT2D eigenvalue weighted by Gasteiger charge is 2.35. The third kappa shape index (κ3) is 4.33. The van der Waals surface area contributed by atoms with Gasteiger partial charge in [-0.15, -0.1) is 0 Å². The maximum atomic E-state index is 12.9. The van der Waals surface area contributed by atoms with Crippen molar-refractivity contribution in [1.82, 2.24) is 24.7 Å². The molecule has 0 aromatic carbocycles. The molecule has 0 bridgehead atoms. The van der Waals surface area contributed by atoms with Crippen LogP contribution in [0, 0.1) is 13.8 Å². The molecule has 0 spiro atoms. The number of pyridine rings is 1. The Balaban J connectivity index is 1.81. The van der Waals surface area contributed by atoms with Gasteiger partial charge in [0.25, 0.3) is 0 Å². The molecule has 10 heteroatoms. The lowest BCUT2D eigenvalue weighted by Gasteiger charge is -2.12. The lowest BCUT2D eigenvalue weighted by molar-refractivity contribution is -0.137. The molecule has 2 N–H and O–H groups in total. The second-order valence-corrected chi connectivity index (χ2v) is 5.92. The third-order valence-electron chi connectivity index (χ3n) is 3.79. The van der Waals surface area contributed by atoms with Gasteiger partial charge in [0.05, 0.1) is 23.6 Å². The first-order valence-electron chi connectivity index (χ1n) is 8.12. The van der Waals surface area contributed by atoms with E-state index in [1.54, 1.807) is 17.8 Å². The quantitative estimate of drug-likeness (QED) is 0.708. The van der Waals surface area contributed by atoms with Crippen molar-refractivity contribution in [3.8, 4) is 0 Å². The highest BCUT2D eigenvalue weighted by Crippen LogP contribution is 2.33. The van der Waals surface area contributed by atoms with Crippen LogP contribution in [0.1, 0.15) is 22.6 Å².